The van der Waals surface area contributed by atoms with Gasteiger partial charge in [0.25, 0.3) is 0 Å². The minimum absolute atomic E-state index is 0.0562. The van der Waals surface area contributed by atoms with Crippen LogP contribution < -0.4 is 10.6 Å². The van der Waals surface area contributed by atoms with Crippen LogP contribution in [0, 0.1) is 5.92 Å². The highest BCUT2D eigenvalue weighted by Crippen LogP contribution is 2.27. The predicted molar refractivity (Wildman–Crippen MR) is 81.0 cm³/mol. The largest absolute Gasteiger partial charge is 0.324 e. The number of anilines is 1. The van der Waals surface area contributed by atoms with Gasteiger partial charge in [-0.15, -0.1) is 0 Å². The molecule has 1 aromatic carbocycles. The van der Waals surface area contributed by atoms with Gasteiger partial charge in [-0.1, -0.05) is 17.7 Å². The van der Waals surface area contributed by atoms with Crippen molar-refractivity contribution in [1.82, 2.24) is 10.3 Å². The zero-order valence-electron chi connectivity index (χ0n) is 11.0. The summed E-state index contributed by atoms with van der Waals surface area (Å²) in [4.78, 5) is 16.6. The number of benzene rings is 1. The normalized spacial score (nSPS) is 16.2. The van der Waals surface area contributed by atoms with Crippen molar-refractivity contribution in [3.8, 4) is 0 Å². The number of hydrogen-bond donors (Lipinski definition) is 2. The number of nitrogens with zero attached hydrogens (tertiary/aromatic N) is 1. The van der Waals surface area contributed by atoms with E-state index in [1.807, 2.05) is 18.2 Å². The molecule has 1 aliphatic heterocycles. The Labute approximate surface area is 122 Å². The maximum Gasteiger partial charge on any atom is 0.227 e. The van der Waals surface area contributed by atoms with Crippen molar-refractivity contribution < 1.29 is 4.79 Å². The second-order valence-electron chi connectivity index (χ2n) is 5.04. The molecule has 0 saturated carbocycles. The summed E-state index contributed by atoms with van der Waals surface area (Å²) < 4.78 is 0. The van der Waals surface area contributed by atoms with Crippen molar-refractivity contribution in [2.45, 2.75) is 12.8 Å². The van der Waals surface area contributed by atoms with E-state index in [1.165, 1.54) is 0 Å². The fourth-order valence-corrected chi connectivity index (χ4v) is 2.80. The van der Waals surface area contributed by atoms with Crippen LogP contribution in [0.15, 0.2) is 30.5 Å². The smallest absolute Gasteiger partial charge is 0.227 e. The number of carbonyl (C=O) groups is 1. The molecule has 1 aromatic heterocycles. The summed E-state index contributed by atoms with van der Waals surface area (Å²) in [6.45, 7) is 1.79. The number of amides is 1. The molecule has 1 saturated heterocycles. The molecule has 0 bridgehead atoms. The first-order chi connectivity index (χ1) is 9.74. The SMILES string of the molecule is O=C(Nc1cc(Cl)cc2cccnc12)C1CCNCC1. The topological polar surface area (TPSA) is 54.0 Å². The second kappa shape index (κ2) is 5.77. The van der Waals surface area contributed by atoms with Crippen LogP contribution in [0.1, 0.15) is 12.8 Å². The maximum atomic E-state index is 12.3. The summed E-state index contributed by atoms with van der Waals surface area (Å²) in [6, 6.07) is 7.41. The molecule has 2 N–H and O–H groups in total. The number of nitrogens with one attached hydrogen (secondary N) is 2. The highest BCUT2D eigenvalue weighted by atomic mass is 35.5. The van der Waals surface area contributed by atoms with Crippen LogP contribution in [0.2, 0.25) is 5.02 Å². The predicted octanol–water partition coefficient (Wildman–Crippen LogP) is 2.83. The van der Waals surface area contributed by atoms with Gasteiger partial charge in [0.2, 0.25) is 5.91 Å². The van der Waals surface area contributed by atoms with Crippen molar-refractivity contribution in [1.29, 1.82) is 0 Å². The van der Waals surface area contributed by atoms with Crippen molar-refractivity contribution >= 4 is 34.1 Å². The van der Waals surface area contributed by atoms with Crippen LogP contribution in [-0.4, -0.2) is 24.0 Å². The molecule has 1 amide bonds. The molecule has 4 nitrogen and oxygen atoms in total. The Balaban J connectivity index is 1.88. The quantitative estimate of drug-likeness (QED) is 0.894. The number of halogens is 1. The first-order valence-corrected chi connectivity index (χ1v) is 7.18. The Kier molecular flexibility index (Phi) is 3.85. The third-order valence-electron chi connectivity index (χ3n) is 3.64. The molecule has 0 aliphatic carbocycles. The van der Waals surface area contributed by atoms with Crippen molar-refractivity contribution in [3.05, 3.63) is 35.5 Å². The lowest BCUT2D eigenvalue weighted by Crippen LogP contribution is -2.34. The molecule has 0 unspecified atom stereocenters. The number of pyridine rings is 1. The number of carbonyl (C=O) groups excluding carboxylic acids is 1. The van der Waals surface area contributed by atoms with Crippen molar-refractivity contribution in [2.75, 3.05) is 18.4 Å². The average Bonchev–Trinajstić information content (AvgIpc) is 2.48. The molecule has 104 valence electrons. The molecule has 1 fully saturated rings. The molecule has 0 spiro atoms. The van der Waals surface area contributed by atoms with E-state index in [4.69, 9.17) is 11.6 Å². The lowest BCUT2D eigenvalue weighted by Gasteiger charge is -2.22. The van der Waals surface area contributed by atoms with Gasteiger partial charge in [-0.3, -0.25) is 9.78 Å². The van der Waals surface area contributed by atoms with Gasteiger partial charge in [0.1, 0.15) is 0 Å². The first-order valence-electron chi connectivity index (χ1n) is 6.80. The van der Waals surface area contributed by atoms with E-state index in [9.17, 15) is 4.79 Å². The standard InChI is InChI=1S/C15H16ClN3O/c16-12-8-11-2-1-5-18-14(11)13(9-12)19-15(20)10-3-6-17-7-4-10/h1-2,5,8-10,17H,3-4,6-7H2,(H,19,20). The average molecular weight is 290 g/mol. The fourth-order valence-electron chi connectivity index (χ4n) is 2.57. The van der Waals surface area contributed by atoms with E-state index >= 15 is 0 Å². The van der Waals surface area contributed by atoms with Crippen LogP contribution in [0.25, 0.3) is 10.9 Å². The number of aromatic nitrogens is 1. The van der Waals surface area contributed by atoms with E-state index in [0.717, 1.165) is 36.8 Å². The summed E-state index contributed by atoms with van der Waals surface area (Å²) in [6.07, 6.45) is 3.46. The van der Waals surface area contributed by atoms with Crippen LogP contribution >= 0.6 is 11.6 Å². The molecule has 0 radical (unpaired) electrons. The Morgan fingerprint density at radius 2 is 2.15 bits per heavy atom. The summed E-state index contributed by atoms with van der Waals surface area (Å²) in [5.74, 6) is 0.120. The van der Waals surface area contributed by atoms with E-state index in [2.05, 4.69) is 15.6 Å². The van der Waals surface area contributed by atoms with Crippen molar-refractivity contribution in [3.63, 3.8) is 0 Å². The molecule has 1 aliphatic rings. The molecule has 5 heteroatoms. The van der Waals surface area contributed by atoms with Gasteiger partial charge >= 0.3 is 0 Å². The van der Waals surface area contributed by atoms with Gasteiger partial charge in [0.15, 0.2) is 0 Å². The van der Waals surface area contributed by atoms with E-state index in [0.29, 0.717) is 10.7 Å². The lowest BCUT2D eigenvalue weighted by atomic mass is 9.97. The zero-order chi connectivity index (χ0) is 13.9. The number of piperidine rings is 1. The van der Waals surface area contributed by atoms with E-state index in [-0.39, 0.29) is 11.8 Å². The Morgan fingerprint density at radius 3 is 2.95 bits per heavy atom. The van der Waals surface area contributed by atoms with Crippen LogP contribution in [0.5, 0.6) is 0 Å². The summed E-state index contributed by atoms with van der Waals surface area (Å²) in [5.41, 5.74) is 1.47. The molecule has 20 heavy (non-hydrogen) atoms. The third kappa shape index (κ3) is 2.76. The molecule has 2 heterocycles. The molecule has 3 rings (SSSR count). The highest BCUT2D eigenvalue weighted by Gasteiger charge is 2.21. The molecule has 2 aromatic rings. The summed E-state index contributed by atoms with van der Waals surface area (Å²) >= 11 is 6.10. The van der Waals surface area contributed by atoms with Gasteiger partial charge in [-0.25, -0.2) is 0 Å². The minimum atomic E-state index is 0.0562. The first kappa shape index (κ1) is 13.3. The number of hydrogen-bond acceptors (Lipinski definition) is 3. The van der Waals surface area contributed by atoms with Crippen LogP contribution in [-0.2, 0) is 4.79 Å². The monoisotopic (exact) mass is 289 g/mol. The Bertz CT molecular complexity index is 638. The van der Waals surface area contributed by atoms with Crippen molar-refractivity contribution in [2.24, 2.45) is 5.92 Å². The summed E-state index contributed by atoms with van der Waals surface area (Å²) in [5, 5.41) is 7.77. The number of fused-ring (bicyclic) bond motifs is 1. The van der Waals surface area contributed by atoms with Crippen LogP contribution in [0.4, 0.5) is 5.69 Å². The van der Waals surface area contributed by atoms with Gasteiger partial charge in [-0.2, -0.15) is 0 Å². The maximum absolute atomic E-state index is 12.3. The molecular weight excluding hydrogens is 274 g/mol. The fraction of sp³-hybridized carbons (Fsp3) is 0.333. The second-order valence-corrected chi connectivity index (χ2v) is 5.48. The zero-order valence-corrected chi connectivity index (χ0v) is 11.8. The van der Waals surface area contributed by atoms with Gasteiger partial charge in [0.05, 0.1) is 11.2 Å². The Hall–Kier alpha value is -1.65. The lowest BCUT2D eigenvalue weighted by molar-refractivity contribution is -0.120. The van der Waals surface area contributed by atoms with Gasteiger partial charge in [0, 0.05) is 22.5 Å². The third-order valence-corrected chi connectivity index (χ3v) is 3.86. The van der Waals surface area contributed by atoms with Crippen LogP contribution in [0.3, 0.4) is 0 Å². The van der Waals surface area contributed by atoms with E-state index < -0.39 is 0 Å². The molecular formula is C15H16ClN3O. The minimum Gasteiger partial charge on any atom is -0.324 e. The molecule has 0 atom stereocenters. The highest BCUT2D eigenvalue weighted by molar-refractivity contribution is 6.32. The number of rotatable bonds is 2. The van der Waals surface area contributed by atoms with E-state index in [1.54, 1.807) is 12.3 Å². The Morgan fingerprint density at radius 1 is 1.35 bits per heavy atom. The van der Waals surface area contributed by atoms with Gasteiger partial charge < -0.3 is 10.6 Å². The van der Waals surface area contributed by atoms with Gasteiger partial charge in [-0.05, 0) is 44.1 Å². The summed E-state index contributed by atoms with van der Waals surface area (Å²) in [7, 11) is 0.